The van der Waals surface area contributed by atoms with Gasteiger partial charge in [-0.05, 0) is 31.1 Å². The Morgan fingerprint density at radius 2 is 2.38 bits per heavy atom. The van der Waals surface area contributed by atoms with E-state index in [1.54, 1.807) is 5.57 Å². The third-order valence-electron chi connectivity index (χ3n) is 2.63. The first-order chi connectivity index (χ1) is 3.79. The lowest BCUT2D eigenvalue weighted by Crippen LogP contribution is -1.85. The molecule has 0 radical (unpaired) electrons. The summed E-state index contributed by atoms with van der Waals surface area (Å²) in [5, 5.41) is 0. The van der Waals surface area contributed by atoms with Crippen molar-refractivity contribution in [3.05, 3.63) is 11.6 Å². The van der Waals surface area contributed by atoms with E-state index in [0.717, 1.165) is 17.8 Å². The minimum Gasteiger partial charge on any atom is -0.0822 e. The molecule has 0 heteroatoms. The lowest BCUT2D eigenvalue weighted by molar-refractivity contribution is 0.633. The zero-order chi connectivity index (χ0) is 5.72. The highest BCUT2D eigenvalue weighted by Gasteiger charge is 2.45. The summed E-state index contributed by atoms with van der Waals surface area (Å²) in [5.74, 6) is 2.99. The summed E-state index contributed by atoms with van der Waals surface area (Å²) in [5.41, 5.74) is 1.66. The van der Waals surface area contributed by atoms with Crippen LogP contribution in [0, 0.1) is 17.8 Å². The van der Waals surface area contributed by atoms with Gasteiger partial charge in [0.05, 0.1) is 0 Å². The van der Waals surface area contributed by atoms with Gasteiger partial charge < -0.3 is 0 Å². The Kier molecular flexibility index (Phi) is 0.677. The van der Waals surface area contributed by atoms with Gasteiger partial charge in [0.2, 0.25) is 0 Å². The minimum atomic E-state index is 0.903. The van der Waals surface area contributed by atoms with Crippen molar-refractivity contribution in [1.29, 1.82) is 0 Å². The van der Waals surface area contributed by atoms with Crippen molar-refractivity contribution in [2.45, 2.75) is 20.3 Å². The summed E-state index contributed by atoms with van der Waals surface area (Å²) in [7, 11) is 0. The molecule has 0 aromatic heterocycles. The summed E-state index contributed by atoms with van der Waals surface area (Å²) < 4.78 is 0. The van der Waals surface area contributed by atoms with E-state index in [1.165, 1.54) is 6.42 Å². The van der Waals surface area contributed by atoms with E-state index in [1.807, 2.05) is 0 Å². The summed E-state index contributed by atoms with van der Waals surface area (Å²) in [6.07, 6.45) is 3.92. The second-order valence-corrected chi connectivity index (χ2v) is 3.28. The molecule has 1 fully saturated rings. The van der Waals surface area contributed by atoms with Gasteiger partial charge in [0.15, 0.2) is 0 Å². The Morgan fingerprint density at radius 1 is 1.62 bits per heavy atom. The third-order valence-corrected chi connectivity index (χ3v) is 2.63. The maximum Gasteiger partial charge on any atom is -0.0169 e. The average molecular weight is 108 g/mol. The van der Waals surface area contributed by atoms with E-state index in [9.17, 15) is 0 Å². The molecular formula is C8H12. The fraction of sp³-hybridized carbons (Fsp3) is 0.750. The van der Waals surface area contributed by atoms with Gasteiger partial charge in [-0.15, -0.1) is 0 Å². The van der Waals surface area contributed by atoms with Gasteiger partial charge in [0, 0.05) is 0 Å². The lowest BCUT2D eigenvalue weighted by atomic mass is 10.1. The SMILES string of the molecule is CC1=CC(C)C2CC12. The smallest absolute Gasteiger partial charge is 0.0169 e. The average Bonchev–Trinajstić information content (AvgIpc) is 2.35. The van der Waals surface area contributed by atoms with Gasteiger partial charge in [-0.1, -0.05) is 18.6 Å². The summed E-state index contributed by atoms with van der Waals surface area (Å²) in [6.45, 7) is 4.61. The Labute approximate surface area is 50.6 Å². The van der Waals surface area contributed by atoms with Gasteiger partial charge in [-0.3, -0.25) is 0 Å². The van der Waals surface area contributed by atoms with Crippen LogP contribution in [0.25, 0.3) is 0 Å². The van der Waals surface area contributed by atoms with Crippen molar-refractivity contribution < 1.29 is 0 Å². The molecule has 0 aliphatic heterocycles. The Bertz CT molecular complexity index is 144. The van der Waals surface area contributed by atoms with Crippen LogP contribution in [0.2, 0.25) is 0 Å². The van der Waals surface area contributed by atoms with Crippen LogP contribution < -0.4 is 0 Å². The zero-order valence-electron chi connectivity index (χ0n) is 5.52. The van der Waals surface area contributed by atoms with E-state index >= 15 is 0 Å². The van der Waals surface area contributed by atoms with Gasteiger partial charge in [-0.2, -0.15) is 0 Å². The number of rotatable bonds is 0. The highest BCUT2D eigenvalue weighted by Crippen LogP contribution is 2.54. The topological polar surface area (TPSA) is 0 Å². The van der Waals surface area contributed by atoms with E-state index < -0.39 is 0 Å². The van der Waals surface area contributed by atoms with Gasteiger partial charge in [0.1, 0.15) is 0 Å². The molecule has 0 aromatic rings. The fourth-order valence-corrected chi connectivity index (χ4v) is 1.98. The molecule has 1 saturated carbocycles. The quantitative estimate of drug-likeness (QED) is 0.417. The highest BCUT2D eigenvalue weighted by molar-refractivity contribution is 5.23. The largest absolute Gasteiger partial charge is 0.0822 e. The maximum atomic E-state index is 2.43. The van der Waals surface area contributed by atoms with Crippen molar-refractivity contribution in [3.63, 3.8) is 0 Å². The first-order valence-electron chi connectivity index (χ1n) is 3.47. The second kappa shape index (κ2) is 1.18. The van der Waals surface area contributed by atoms with Crippen LogP contribution >= 0.6 is 0 Å². The van der Waals surface area contributed by atoms with Crippen molar-refractivity contribution >= 4 is 0 Å². The number of fused-ring (bicyclic) bond motifs is 1. The van der Waals surface area contributed by atoms with E-state index in [2.05, 4.69) is 19.9 Å². The van der Waals surface area contributed by atoms with Crippen LogP contribution in [-0.2, 0) is 0 Å². The van der Waals surface area contributed by atoms with Crippen LogP contribution in [0.15, 0.2) is 11.6 Å². The molecule has 2 aliphatic rings. The standard InChI is InChI=1S/C8H12/c1-5-3-6(2)8-4-7(5)8/h3,5,7-8H,4H2,1-2H3. The Morgan fingerprint density at radius 3 is 2.50 bits per heavy atom. The van der Waals surface area contributed by atoms with Crippen molar-refractivity contribution in [3.8, 4) is 0 Å². The van der Waals surface area contributed by atoms with E-state index in [-0.39, 0.29) is 0 Å². The molecule has 2 rings (SSSR count). The molecule has 0 amide bonds. The predicted molar refractivity (Wildman–Crippen MR) is 34.5 cm³/mol. The molecule has 3 atom stereocenters. The van der Waals surface area contributed by atoms with Gasteiger partial charge in [0.25, 0.3) is 0 Å². The monoisotopic (exact) mass is 108 g/mol. The number of hydrogen-bond donors (Lipinski definition) is 0. The van der Waals surface area contributed by atoms with Crippen molar-refractivity contribution in [2.75, 3.05) is 0 Å². The van der Waals surface area contributed by atoms with Crippen LogP contribution in [0.5, 0.6) is 0 Å². The zero-order valence-corrected chi connectivity index (χ0v) is 5.52. The minimum absolute atomic E-state index is 0.903. The van der Waals surface area contributed by atoms with Crippen molar-refractivity contribution in [1.82, 2.24) is 0 Å². The van der Waals surface area contributed by atoms with Crippen LogP contribution in [0.1, 0.15) is 20.3 Å². The number of allylic oxidation sites excluding steroid dienone is 2. The van der Waals surface area contributed by atoms with Gasteiger partial charge >= 0.3 is 0 Å². The molecule has 2 aliphatic carbocycles. The van der Waals surface area contributed by atoms with Crippen LogP contribution in [0.3, 0.4) is 0 Å². The molecule has 0 bridgehead atoms. The predicted octanol–water partition coefficient (Wildman–Crippen LogP) is 2.22. The molecule has 8 heavy (non-hydrogen) atoms. The molecule has 0 aromatic carbocycles. The highest BCUT2D eigenvalue weighted by atomic mass is 14.5. The fourth-order valence-electron chi connectivity index (χ4n) is 1.98. The third kappa shape index (κ3) is 0.410. The number of hydrogen-bond acceptors (Lipinski definition) is 0. The summed E-state index contributed by atoms with van der Waals surface area (Å²) in [4.78, 5) is 0. The molecule has 0 saturated heterocycles. The Hall–Kier alpha value is -0.260. The maximum absolute atomic E-state index is 2.43. The molecule has 0 N–H and O–H groups in total. The van der Waals surface area contributed by atoms with Crippen LogP contribution in [-0.4, -0.2) is 0 Å². The lowest BCUT2D eigenvalue weighted by Gasteiger charge is -1.94. The molecule has 44 valence electrons. The van der Waals surface area contributed by atoms with E-state index in [4.69, 9.17) is 0 Å². The van der Waals surface area contributed by atoms with E-state index in [0.29, 0.717) is 0 Å². The molecular weight excluding hydrogens is 96.1 g/mol. The normalized spacial score (nSPS) is 50.8. The first kappa shape index (κ1) is 4.60. The van der Waals surface area contributed by atoms with Crippen molar-refractivity contribution in [2.24, 2.45) is 17.8 Å². The molecule has 0 spiro atoms. The van der Waals surface area contributed by atoms with Gasteiger partial charge in [-0.25, -0.2) is 0 Å². The van der Waals surface area contributed by atoms with Crippen LogP contribution in [0.4, 0.5) is 0 Å². The second-order valence-electron chi connectivity index (χ2n) is 3.28. The Balaban J connectivity index is 2.25. The summed E-state index contributed by atoms with van der Waals surface area (Å²) in [6, 6.07) is 0. The first-order valence-corrected chi connectivity index (χ1v) is 3.47. The molecule has 0 heterocycles. The molecule has 3 unspecified atom stereocenters. The summed E-state index contributed by atoms with van der Waals surface area (Å²) >= 11 is 0. The molecule has 0 nitrogen and oxygen atoms in total.